The van der Waals surface area contributed by atoms with E-state index in [1.54, 1.807) is 31.2 Å². The fraction of sp³-hybridized carbons (Fsp3) is 0.409. The number of hydrogen-bond donors (Lipinski definition) is 3. The summed E-state index contributed by atoms with van der Waals surface area (Å²) in [4.78, 5) is 70.8. The van der Waals surface area contributed by atoms with Gasteiger partial charge in [0.2, 0.25) is 5.91 Å². The number of aliphatic carboxylic acids is 1. The molecule has 5 rings (SSSR count). The molecule has 4 aromatic rings. The van der Waals surface area contributed by atoms with Crippen LogP contribution in [0.5, 0.6) is 0 Å². The molecule has 1 aliphatic carbocycles. The number of hydrogen-bond acceptors (Lipinski definition) is 9. The van der Waals surface area contributed by atoms with E-state index in [9.17, 15) is 29.1 Å². The largest absolute Gasteiger partial charge is 0.481 e. The lowest BCUT2D eigenvalue weighted by molar-refractivity contribution is -0.148. The van der Waals surface area contributed by atoms with E-state index in [1.165, 1.54) is 6.92 Å². The van der Waals surface area contributed by atoms with Gasteiger partial charge < -0.3 is 30.1 Å². The van der Waals surface area contributed by atoms with Crippen molar-refractivity contribution in [3.8, 4) is 11.1 Å². The maximum atomic E-state index is 14.0. The Bertz CT molecular complexity index is 1990. The minimum Gasteiger partial charge on any atom is -0.481 e. The van der Waals surface area contributed by atoms with Gasteiger partial charge in [-0.1, -0.05) is 107 Å². The molecule has 0 unspecified atom stereocenters. The highest BCUT2D eigenvalue weighted by atomic mass is 32.1. The van der Waals surface area contributed by atoms with Crippen LogP contribution in [-0.4, -0.2) is 76.6 Å². The molecule has 302 valence electrons. The third kappa shape index (κ3) is 10.9. The normalized spacial score (nSPS) is 14.6. The predicted molar refractivity (Wildman–Crippen MR) is 218 cm³/mol. The predicted octanol–water partition coefficient (Wildman–Crippen LogP) is 7.39. The highest BCUT2D eigenvalue weighted by Crippen LogP contribution is 2.44. The summed E-state index contributed by atoms with van der Waals surface area (Å²) in [5.74, 6) is -3.22. The average Bonchev–Trinajstić information content (AvgIpc) is 3.81. The number of alkyl carbamates (subject to hydrolysis) is 1. The molecule has 3 N–H and O–H groups in total. The van der Waals surface area contributed by atoms with Crippen molar-refractivity contribution >= 4 is 41.2 Å². The summed E-state index contributed by atoms with van der Waals surface area (Å²) in [5.41, 5.74) is 5.46. The minimum atomic E-state index is -0.955. The summed E-state index contributed by atoms with van der Waals surface area (Å²) in [6.07, 6.45) is -0.424. The van der Waals surface area contributed by atoms with E-state index in [4.69, 9.17) is 9.47 Å². The molecule has 5 atom stereocenters. The fourth-order valence-electron chi connectivity index (χ4n) is 7.45. The molecule has 0 saturated carbocycles. The quantitative estimate of drug-likeness (QED) is 0.0872. The zero-order chi connectivity index (χ0) is 41.2. The van der Waals surface area contributed by atoms with E-state index in [-0.39, 0.29) is 42.9 Å². The first-order valence-electron chi connectivity index (χ1n) is 19.4. The van der Waals surface area contributed by atoms with Gasteiger partial charge in [0.15, 0.2) is 6.10 Å². The smallest absolute Gasteiger partial charge is 0.407 e. The SMILES string of the molecule is CC[C@H](NC(=O)OCC1c2ccccc2-c2ccccc21)C(=O)N(C)[C@@H](C[C@@H](OC(C)=O)c1nc(C(=O)N[C@H](Cc2ccccc2)C[C@H](C)C(=O)O)cs1)C(C)C. The lowest BCUT2D eigenvalue weighted by Crippen LogP contribution is -2.51. The van der Waals surface area contributed by atoms with Gasteiger partial charge in [-0.25, -0.2) is 9.78 Å². The van der Waals surface area contributed by atoms with Gasteiger partial charge in [0, 0.05) is 43.8 Å². The molecule has 0 fully saturated rings. The second-order valence-corrected chi connectivity index (χ2v) is 15.8. The molecule has 1 aliphatic rings. The van der Waals surface area contributed by atoms with E-state index < -0.39 is 54.1 Å². The standard InChI is InChI=1S/C44H52N4O8S/c1-7-36(47-44(54)55-24-35-33-19-13-11-17-31(33)32-18-12-14-20-34(32)35)42(51)48(6)38(26(2)3)23-39(56-28(5)49)41-46-37(25-57-41)40(50)45-30(21-27(4)43(52)53)22-29-15-9-8-10-16-29/h8-20,25-27,30,35-36,38-39H,7,21-24H2,1-6H3,(H,45,50)(H,47,54)(H,52,53)/t27-,30-,36-,38-,39+/m0/s1. The molecule has 0 saturated heterocycles. The van der Waals surface area contributed by atoms with Crippen molar-refractivity contribution in [3.05, 3.63) is 112 Å². The van der Waals surface area contributed by atoms with Crippen molar-refractivity contribution in [2.24, 2.45) is 11.8 Å². The number of rotatable bonds is 18. The molecule has 12 nitrogen and oxygen atoms in total. The number of nitrogens with zero attached hydrogens (tertiary/aromatic N) is 2. The monoisotopic (exact) mass is 796 g/mol. The van der Waals surface area contributed by atoms with E-state index in [2.05, 4.69) is 27.8 Å². The van der Waals surface area contributed by atoms with Crippen LogP contribution in [-0.2, 0) is 30.3 Å². The first-order chi connectivity index (χ1) is 27.3. The van der Waals surface area contributed by atoms with Crippen LogP contribution in [0, 0.1) is 11.8 Å². The maximum absolute atomic E-state index is 14.0. The van der Waals surface area contributed by atoms with Crippen molar-refractivity contribution in [2.75, 3.05) is 13.7 Å². The summed E-state index contributed by atoms with van der Waals surface area (Å²) in [5, 5.41) is 17.2. The van der Waals surface area contributed by atoms with Crippen LogP contribution in [0.1, 0.15) is 98.1 Å². The molecule has 0 aliphatic heterocycles. The van der Waals surface area contributed by atoms with Crippen molar-refractivity contribution in [2.45, 2.75) is 90.4 Å². The van der Waals surface area contributed by atoms with E-state index in [0.717, 1.165) is 39.2 Å². The van der Waals surface area contributed by atoms with Gasteiger partial charge in [0.05, 0.1) is 5.92 Å². The molecule has 0 spiro atoms. The summed E-state index contributed by atoms with van der Waals surface area (Å²) >= 11 is 1.16. The maximum Gasteiger partial charge on any atom is 0.407 e. The Hall–Kier alpha value is -5.56. The van der Waals surface area contributed by atoms with E-state index >= 15 is 0 Å². The number of thiazole rings is 1. The van der Waals surface area contributed by atoms with Crippen LogP contribution in [0.3, 0.4) is 0 Å². The van der Waals surface area contributed by atoms with Crippen LogP contribution in [0.4, 0.5) is 4.79 Å². The molecule has 0 radical (unpaired) electrons. The minimum absolute atomic E-state index is 0.0957. The Labute approximate surface area is 338 Å². The van der Waals surface area contributed by atoms with Crippen molar-refractivity contribution in [1.82, 2.24) is 20.5 Å². The van der Waals surface area contributed by atoms with Crippen molar-refractivity contribution in [3.63, 3.8) is 0 Å². The van der Waals surface area contributed by atoms with Crippen LogP contribution in [0.15, 0.2) is 84.2 Å². The zero-order valence-corrected chi connectivity index (χ0v) is 34.1. The Morgan fingerprint density at radius 3 is 2.07 bits per heavy atom. The molecule has 13 heteroatoms. The van der Waals surface area contributed by atoms with E-state index in [1.807, 2.05) is 80.6 Å². The van der Waals surface area contributed by atoms with Gasteiger partial charge in [-0.3, -0.25) is 19.2 Å². The molecule has 57 heavy (non-hydrogen) atoms. The number of carboxylic acids is 1. The molecule has 1 heterocycles. The van der Waals surface area contributed by atoms with Gasteiger partial charge >= 0.3 is 18.0 Å². The number of likely N-dealkylation sites (N-methyl/N-ethyl adjacent to an activating group) is 1. The topological polar surface area (TPSA) is 164 Å². The molecule has 3 amide bonds. The first kappa shape index (κ1) is 42.6. The number of ether oxygens (including phenoxy) is 2. The first-order valence-corrected chi connectivity index (χ1v) is 20.2. The van der Waals surface area contributed by atoms with Crippen molar-refractivity contribution < 1.29 is 38.6 Å². The van der Waals surface area contributed by atoms with Gasteiger partial charge in [-0.15, -0.1) is 11.3 Å². The third-order valence-electron chi connectivity index (χ3n) is 10.5. The molecular weight excluding hydrogens is 745 g/mol. The number of carbonyl (C=O) groups excluding carboxylic acids is 4. The summed E-state index contributed by atoms with van der Waals surface area (Å²) in [6.45, 7) is 8.71. The number of carbonyl (C=O) groups is 5. The van der Waals surface area contributed by atoms with Crippen LogP contribution in [0.2, 0.25) is 0 Å². The van der Waals surface area contributed by atoms with Crippen molar-refractivity contribution in [1.29, 1.82) is 0 Å². The number of benzene rings is 3. The number of aromatic nitrogens is 1. The molecule has 3 aromatic carbocycles. The van der Waals surface area contributed by atoms with Crippen LogP contribution in [0.25, 0.3) is 11.1 Å². The summed E-state index contributed by atoms with van der Waals surface area (Å²) in [7, 11) is 1.66. The second-order valence-electron chi connectivity index (χ2n) is 14.9. The highest BCUT2D eigenvalue weighted by Gasteiger charge is 2.35. The van der Waals surface area contributed by atoms with Crippen LogP contribution >= 0.6 is 11.3 Å². The molecular formula is C44H52N4O8S. The Balaban J connectivity index is 1.24. The number of esters is 1. The van der Waals surface area contributed by atoms with Gasteiger partial charge in [0.1, 0.15) is 23.4 Å². The lowest BCUT2D eigenvalue weighted by atomic mass is 9.95. The van der Waals surface area contributed by atoms with Gasteiger partial charge in [-0.05, 0) is 53.0 Å². The number of carboxylic acid groups (broad SMARTS) is 1. The number of fused-ring (bicyclic) bond motifs is 3. The lowest BCUT2D eigenvalue weighted by Gasteiger charge is -2.35. The number of amides is 3. The highest BCUT2D eigenvalue weighted by molar-refractivity contribution is 7.09. The fourth-order valence-corrected chi connectivity index (χ4v) is 8.28. The second kappa shape index (κ2) is 19.5. The molecule has 0 bridgehead atoms. The Morgan fingerprint density at radius 1 is 0.877 bits per heavy atom. The summed E-state index contributed by atoms with van der Waals surface area (Å²) < 4.78 is 11.5. The Morgan fingerprint density at radius 2 is 1.49 bits per heavy atom. The van der Waals surface area contributed by atoms with E-state index in [0.29, 0.717) is 17.8 Å². The van der Waals surface area contributed by atoms with Gasteiger partial charge in [0.25, 0.3) is 5.91 Å². The molecule has 1 aromatic heterocycles. The third-order valence-corrected chi connectivity index (χ3v) is 11.4. The van der Waals surface area contributed by atoms with Gasteiger partial charge in [-0.2, -0.15) is 0 Å². The average molecular weight is 797 g/mol. The zero-order valence-electron chi connectivity index (χ0n) is 33.3. The Kier molecular flexibility index (Phi) is 14.6. The van der Waals surface area contributed by atoms with Crippen LogP contribution < -0.4 is 10.6 Å². The summed E-state index contributed by atoms with van der Waals surface area (Å²) in [6, 6.07) is 23.8. The number of nitrogens with one attached hydrogen (secondary N) is 2.